The summed E-state index contributed by atoms with van der Waals surface area (Å²) in [6, 6.07) is 0. The summed E-state index contributed by atoms with van der Waals surface area (Å²) in [6.45, 7) is -0.00654. The van der Waals surface area contributed by atoms with Crippen LogP contribution in [-0.2, 0) is 16.6 Å². The number of hydrogen-bond acceptors (Lipinski definition) is 5. The summed E-state index contributed by atoms with van der Waals surface area (Å²) in [5.74, 6) is -0.916. The van der Waals surface area contributed by atoms with Crippen LogP contribution >= 0.6 is 0 Å². The zero-order chi connectivity index (χ0) is 14.0. The van der Waals surface area contributed by atoms with Crippen LogP contribution < -0.4 is 0 Å². The number of carboxylic acid groups (broad SMARTS) is 1. The van der Waals surface area contributed by atoms with Gasteiger partial charge in [0.1, 0.15) is 11.4 Å². The molecule has 0 bridgehead atoms. The molecule has 0 saturated heterocycles. The molecular formula is C9H11N5O4S. The van der Waals surface area contributed by atoms with Crippen molar-refractivity contribution in [3.05, 3.63) is 30.0 Å². The Morgan fingerprint density at radius 1 is 1.53 bits per heavy atom. The zero-order valence-electron chi connectivity index (χ0n) is 9.86. The topological polar surface area (TPSA) is 132 Å². The van der Waals surface area contributed by atoms with Gasteiger partial charge in [-0.05, 0) is 0 Å². The summed E-state index contributed by atoms with van der Waals surface area (Å²) in [5, 5.41) is 14.1. The highest BCUT2D eigenvalue weighted by Gasteiger charge is 2.29. The monoisotopic (exact) mass is 285 g/mol. The van der Waals surface area contributed by atoms with Crippen LogP contribution in [0, 0.1) is 0 Å². The summed E-state index contributed by atoms with van der Waals surface area (Å²) < 4.78 is 25.4. The molecule has 0 amide bonds. The van der Waals surface area contributed by atoms with Crippen molar-refractivity contribution in [1.29, 1.82) is 0 Å². The fourth-order valence-electron chi connectivity index (χ4n) is 1.46. The van der Waals surface area contributed by atoms with Crippen molar-refractivity contribution in [2.75, 3.05) is 7.05 Å². The van der Waals surface area contributed by atoms with Crippen molar-refractivity contribution >= 4 is 16.0 Å². The SMILES string of the molecule is CN(Cc1ncc[nH]1)S(=O)(=O)c1[nH]ncc1C(=O)O. The van der Waals surface area contributed by atoms with Crippen LogP contribution in [0.2, 0.25) is 0 Å². The van der Waals surface area contributed by atoms with Gasteiger partial charge in [0.25, 0.3) is 10.0 Å². The average molecular weight is 285 g/mol. The van der Waals surface area contributed by atoms with Crippen LogP contribution in [0.4, 0.5) is 0 Å². The Labute approximate surface area is 108 Å². The molecule has 2 heterocycles. The van der Waals surface area contributed by atoms with Crippen LogP contribution in [0.1, 0.15) is 16.2 Å². The Kier molecular flexibility index (Phi) is 3.36. The summed E-state index contributed by atoms with van der Waals surface area (Å²) in [6.07, 6.45) is 4.01. The normalized spacial score (nSPS) is 11.9. The predicted octanol–water partition coefficient (Wildman–Crippen LogP) is -0.348. The summed E-state index contributed by atoms with van der Waals surface area (Å²) in [7, 11) is -2.65. The molecule has 0 radical (unpaired) electrons. The lowest BCUT2D eigenvalue weighted by atomic mass is 10.4. The van der Waals surface area contributed by atoms with Crippen LogP contribution in [0.5, 0.6) is 0 Å². The molecule has 0 aliphatic carbocycles. The molecule has 0 unspecified atom stereocenters. The molecule has 0 saturated carbocycles. The minimum atomic E-state index is -3.97. The van der Waals surface area contributed by atoms with Gasteiger partial charge >= 0.3 is 5.97 Å². The molecule has 2 aromatic rings. The van der Waals surface area contributed by atoms with E-state index in [1.54, 1.807) is 6.20 Å². The number of aromatic nitrogens is 4. The Morgan fingerprint density at radius 3 is 2.84 bits per heavy atom. The van der Waals surface area contributed by atoms with E-state index >= 15 is 0 Å². The van der Waals surface area contributed by atoms with Gasteiger partial charge < -0.3 is 10.1 Å². The fourth-order valence-corrected chi connectivity index (χ4v) is 2.65. The maximum Gasteiger partial charge on any atom is 0.340 e. The fraction of sp³-hybridized carbons (Fsp3) is 0.222. The first kappa shape index (κ1) is 13.2. The zero-order valence-corrected chi connectivity index (χ0v) is 10.7. The second-order valence-electron chi connectivity index (χ2n) is 3.71. The van der Waals surface area contributed by atoms with Crippen LogP contribution in [-0.4, -0.2) is 51.0 Å². The van der Waals surface area contributed by atoms with E-state index in [4.69, 9.17) is 5.11 Å². The molecule has 9 nitrogen and oxygen atoms in total. The molecule has 0 fully saturated rings. The number of nitrogens with one attached hydrogen (secondary N) is 2. The van der Waals surface area contributed by atoms with E-state index in [-0.39, 0.29) is 6.54 Å². The van der Waals surface area contributed by atoms with Gasteiger partial charge in [0.05, 0.1) is 12.7 Å². The first-order valence-corrected chi connectivity index (χ1v) is 6.58. The van der Waals surface area contributed by atoms with Gasteiger partial charge in [-0.2, -0.15) is 9.40 Å². The van der Waals surface area contributed by atoms with Crippen LogP contribution in [0.25, 0.3) is 0 Å². The van der Waals surface area contributed by atoms with Gasteiger partial charge in [-0.25, -0.2) is 18.2 Å². The lowest BCUT2D eigenvalue weighted by molar-refractivity contribution is 0.0692. The lowest BCUT2D eigenvalue weighted by Crippen LogP contribution is -2.28. The van der Waals surface area contributed by atoms with E-state index in [9.17, 15) is 13.2 Å². The van der Waals surface area contributed by atoms with Crippen LogP contribution in [0.3, 0.4) is 0 Å². The second-order valence-corrected chi connectivity index (χ2v) is 5.70. The van der Waals surface area contributed by atoms with Gasteiger partial charge in [0.15, 0.2) is 5.03 Å². The molecule has 0 aliphatic rings. The minimum Gasteiger partial charge on any atom is -0.478 e. The number of H-pyrrole nitrogens is 2. The van der Waals surface area contributed by atoms with Crippen molar-refractivity contribution in [1.82, 2.24) is 24.5 Å². The van der Waals surface area contributed by atoms with Crippen molar-refractivity contribution in [3.8, 4) is 0 Å². The Hall–Kier alpha value is -2.20. The summed E-state index contributed by atoms with van der Waals surface area (Å²) >= 11 is 0. The molecule has 0 aromatic carbocycles. The van der Waals surface area contributed by atoms with E-state index in [0.29, 0.717) is 5.82 Å². The summed E-state index contributed by atoms with van der Waals surface area (Å²) in [5.41, 5.74) is -0.397. The molecule has 2 rings (SSSR count). The van der Waals surface area contributed by atoms with Gasteiger partial charge in [-0.3, -0.25) is 5.10 Å². The standard InChI is InChI=1S/C9H11N5O4S/c1-14(5-7-10-2-3-11-7)19(17,18)8-6(9(15)16)4-12-13-8/h2-4H,5H2,1H3,(H,10,11)(H,12,13)(H,15,16). The van der Waals surface area contributed by atoms with Gasteiger partial charge in [-0.15, -0.1) is 0 Å². The highest BCUT2D eigenvalue weighted by Crippen LogP contribution is 2.17. The number of aromatic carboxylic acids is 1. The van der Waals surface area contributed by atoms with E-state index < -0.39 is 26.6 Å². The highest BCUT2D eigenvalue weighted by molar-refractivity contribution is 7.89. The third-order valence-electron chi connectivity index (χ3n) is 2.43. The van der Waals surface area contributed by atoms with Gasteiger partial charge in [0, 0.05) is 19.4 Å². The minimum absolute atomic E-state index is 0.00654. The predicted molar refractivity (Wildman–Crippen MR) is 62.8 cm³/mol. The Balaban J connectivity index is 2.31. The number of carbonyl (C=O) groups is 1. The van der Waals surface area contributed by atoms with E-state index in [0.717, 1.165) is 10.5 Å². The Morgan fingerprint density at radius 2 is 2.26 bits per heavy atom. The van der Waals surface area contributed by atoms with Crippen molar-refractivity contribution in [2.45, 2.75) is 11.6 Å². The molecule has 10 heteroatoms. The molecular weight excluding hydrogens is 274 g/mol. The molecule has 3 N–H and O–H groups in total. The molecule has 19 heavy (non-hydrogen) atoms. The molecule has 0 aliphatic heterocycles. The van der Waals surface area contributed by atoms with E-state index in [1.165, 1.54) is 13.2 Å². The lowest BCUT2D eigenvalue weighted by Gasteiger charge is -2.14. The first-order valence-electron chi connectivity index (χ1n) is 5.14. The molecule has 102 valence electrons. The van der Waals surface area contributed by atoms with Crippen molar-refractivity contribution in [3.63, 3.8) is 0 Å². The number of carboxylic acids is 1. The number of imidazole rings is 1. The first-order chi connectivity index (χ1) is 8.93. The third-order valence-corrected chi connectivity index (χ3v) is 4.21. The summed E-state index contributed by atoms with van der Waals surface area (Å²) in [4.78, 5) is 17.6. The number of aromatic amines is 2. The number of hydrogen-bond donors (Lipinski definition) is 3. The highest BCUT2D eigenvalue weighted by atomic mass is 32.2. The number of rotatable bonds is 5. The second kappa shape index (κ2) is 4.82. The van der Waals surface area contributed by atoms with Crippen LogP contribution in [0.15, 0.2) is 23.6 Å². The molecule has 0 atom stereocenters. The van der Waals surface area contributed by atoms with Crippen molar-refractivity contribution in [2.24, 2.45) is 0 Å². The average Bonchev–Trinajstić information content (AvgIpc) is 2.98. The largest absolute Gasteiger partial charge is 0.478 e. The van der Waals surface area contributed by atoms with Gasteiger partial charge in [-0.1, -0.05) is 0 Å². The quantitative estimate of drug-likeness (QED) is 0.688. The third kappa shape index (κ3) is 2.48. The van der Waals surface area contributed by atoms with E-state index in [1.807, 2.05) is 0 Å². The maximum absolute atomic E-state index is 12.2. The Bertz CT molecular complexity index is 675. The number of nitrogens with zero attached hydrogens (tertiary/aromatic N) is 3. The smallest absolute Gasteiger partial charge is 0.340 e. The van der Waals surface area contributed by atoms with Gasteiger partial charge in [0.2, 0.25) is 0 Å². The maximum atomic E-state index is 12.2. The molecule has 2 aromatic heterocycles. The molecule has 0 spiro atoms. The van der Waals surface area contributed by atoms with E-state index in [2.05, 4.69) is 20.2 Å². The van der Waals surface area contributed by atoms with Crippen molar-refractivity contribution < 1.29 is 18.3 Å². The number of sulfonamides is 1.